The van der Waals surface area contributed by atoms with E-state index in [0.29, 0.717) is 23.0 Å². The minimum Gasteiger partial charge on any atom is -0.481 e. The zero-order valence-corrected chi connectivity index (χ0v) is 15.0. The Bertz CT molecular complexity index is 974. The van der Waals surface area contributed by atoms with E-state index in [4.69, 9.17) is 10.5 Å². The molecule has 3 N–H and O–H groups in total. The highest BCUT2D eigenvalue weighted by atomic mass is 19.1. The predicted molar refractivity (Wildman–Crippen MR) is 101 cm³/mol. The van der Waals surface area contributed by atoms with E-state index in [1.807, 2.05) is 0 Å². The van der Waals surface area contributed by atoms with E-state index in [1.54, 1.807) is 43.5 Å². The first-order valence-electron chi connectivity index (χ1n) is 8.27. The van der Waals surface area contributed by atoms with Crippen LogP contribution in [0.2, 0.25) is 0 Å². The number of anilines is 1. The van der Waals surface area contributed by atoms with Crippen LogP contribution in [0.3, 0.4) is 0 Å². The molecule has 0 saturated carbocycles. The quantitative estimate of drug-likeness (QED) is 0.724. The Labute approximate surface area is 156 Å². The minimum atomic E-state index is -0.500. The highest BCUT2D eigenvalue weighted by Crippen LogP contribution is 2.25. The molecular formula is C20H19FN4O2. The Hall–Kier alpha value is -3.48. The van der Waals surface area contributed by atoms with Crippen molar-refractivity contribution in [3.63, 3.8) is 0 Å². The molecule has 0 aliphatic carbocycles. The second-order valence-electron chi connectivity index (χ2n) is 5.99. The van der Waals surface area contributed by atoms with E-state index in [0.717, 1.165) is 11.1 Å². The highest BCUT2D eigenvalue weighted by Gasteiger charge is 2.12. The molecule has 7 heteroatoms. The number of carbonyl (C=O) groups excluding carboxylic acids is 1. The fourth-order valence-corrected chi connectivity index (χ4v) is 2.68. The maximum atomic E-state index is 14.1. The number of nitrogens with zero attached hydrogens (tertiary/aromatic N) is 2. The van der Waals surface area contributed by atoms with Crippen LogP contribution in [0.15, 0.2) is 48.7 Å². The summed E-state index contributed by atoms with van der Waals surface area (Å²) in [6, 6.07) is 11.1. The maximum Gasteiger partial charge on any atom is 0.251 e. The summed E-state index contributed by atoms with van der Waals surface area (Å²) < 4.78 is 19.1. The van der Waals surface area contributed by atoms with Crippen molar-refractivity contribution in [3.05, 3.63) is 71.3 Å². The molecule has 0 spiro atoms. The van der Waals surface area contributed by atoms with Crippen LogP contribution < -0.4 is 15.8 Å². The Morgan fingerprint density at radius 2 is 2.04 bits per heavy atom. The van der Waals surface area contributed by atoms with Gasteiger partial charge < -0.3 is 15.8 Å². The van der Waals surface area contributed by atoms with Crippen molar-refractivity contribution in [2.24, 2.45) is 0 Å². The van der Waals surface area contributed by atoms with Crippen LogP contribution in [0.5, 0.6) is 5.88 Å². The first-order chi connectivity index (χ1) is 13.0. The SMILES string of the molecule is COc1ccc(CNC(=O)c2cc(F)cc(-c3ccc(N)nc3C)c2)cn1. The molecule has 2 aromatic heterocycles. The van der Waals surface area contributed by atoms with Crippen molar-refractivity contribution in [2.45, 2.75) is 13.5 Å². The van der Waals surface area contributed by atoms with E-state index in [1.165, 1.54) is 19.2 Å². The number of pyridine rings is 2. The van der Waals surface area contributed by atoms with Crippen molar-refractivity contribution in [1.82, 2.24) is 15.3 Å². The number of ether oxygens (including phenoxy) is 1. The van der Waals surface area contributed by atoms with Crippen molar-refractivity contribution in [2.75, 3.05) is 12.8 Å². The average molecular weight is 366 g/mol. The Kier molecular flexibility index (Phi) is 5.30. The molecular weight excluding hydrogens is 347 g/mol. The van der Waals surface area contributed by atoms with Gasteiger partial charge in [0.25, 0.3) is 5.91 Å². The van der Waals surface area contributed by atoms with Gasteiger partial charge in [0.1, 0.15) is 11.6 Å². The fourth-order valence-electron chi connectivity index (χ4n) is 2.68. The summed E-state index contributed by atoms with van der Waals surface area (Å²) in [6.45, 7) is 2.05. The van der Waals surface area contributed by atoms with Gasteiger partial charge in [0, 0.05) is 35.6 Å². The Morgan fingerprint density at radius 1 is 1.22 bits per heavy atom. The van der Waals surface area contributed by atoms with E-state index in [2.05, 4.69) is 15.3 Å². The van der Waals surface area contributed by atoms with Gasteiger partial charge >= 0.3 is 0 Å². The molecule has 0 atom stereocenters. The highest BCUT2D eigenvalue weighted by molar-refractivity contribution is 5.95. The second kappa shape index (κ2) is 7.82. The molecule has 1 amide bonds. The monoisotopic (exact) mass is 366 g/mol. The first kappa shape index (κ1) is 18.3. The smallest absolute Gasteiger partial charge is 0.251 e. The third kappa shape index (κ3) is 4.38. The first-order valence-corrected chi connectivity index (χ1v) is 8.27. The lowest BCUT2D eigenvalue weighted by atomic mass is 10.0. The fraction of sp³-hybridized carbons (Fsp3) is 0.150. The van der Waals surface area contributed by atoms with Gasteiger partial charge in [-0.2, -0.15) is 0 Å². The van der Waals surface area contributed by atoms with Gasteiger partial charge in [0.2, 0.25) is 5.88 Å². The number of nitrogen functional groups attached to an aromatic ring is 1. The van der Waals surface area contributed by atoms with Gasteiger partial charge in [-0.1, -0.05) is 6.07 Å². The van der Waals surface area contributed by atoms with Crippen molar-refractivity contribution in [1.29, 1.82) is 0 Å². The van der Waals surface area contributed by atoms with Gasteiger partial charge in [0.15, 0.2) is 0 Å². The molecule has 1 aromatic carbocycles. The summed E-state index contributed by atoms with van der Waals surface area (Å²) in [5.41, 5.74) is 8.64. The summed E-state index contributed by atoms with van der Waals surface area (Å²) in [4.78, 5) is 20.7. The van der Waals surface area contributed by atoms with Gasteiger partial charge in [-0.25, -0.2) is 14.4 Å². The average Bonchev–Trinajstić information content (AvgIpc) is 2.66. The summed E-state index contributed by atoms with van der Waals surface area (Å²) in [7, 11) is 1.53. The third-order valence-electron chi connectivity index (χ3n) is 4.04. The molecule has 3 rings (SSSR count). The Morgan fingerprint density at radius 3 is 2.70 bits per heavy atom. The summed E-state index contributed by atoms with van der Waals surface area (Å²) in [5.74, 6) is -0.00124. The number of carbonyl (C=O) groups is 1. The molecule has 0 fully saturated rings. The normalized spacial score (nSPS) is 10.5. The van der Waals surface area contributed by atoms with Gasteiger partial charge in [-0.15, -0.1) is 0 Å². The van der Waals surface area contributed by atoms with Crippen molar-refractivity contribution >= 4 is 11.7 Å². The lowest BCUT2D eigenvalue weighted by Gasteiger charge is -2.10. The number of nitrogens with one attached hydrogen (secondary N) is 1. The number of hydrogen-bond acceptors (Lipinski definition) is 5. The molecule has 0 bridgehead atoms. The van der Waals surface area contributed by atoms with Gasteiger partial charge in [0.05, 0.1) is 7.11 Å². The topological polar surface area (TPSA) is 90.1 Å². The zero-order valence-electron chi connectivity index (χ0n) is 15.0. The number of aromatic nitrogens is 2. The molecule has 6 nitrogen and oxygen atoms in total. The summed E-state index contributed by atoms with van der Waals surface area (Å²) in [5, 5.41) is 2.76. The predicted octanol–water partition coefficient (Wildman–Crippen LogP) is 3.11. The van der Waals surface area contributed by atoms with Crippen LogP contribution in [-0.4, -0.2) is 23.0 Å². The van der Waals surface area contributed by atoms with Crippen molar-refractivity contribution in [3.8, 4) is 17.0 Å². The number of aryl methyl sites for hydroxylation is 1. The second-order valence-corrected chi connectivity index (χ2v) is 5.99. The van der Waals surface area contributed by atoms with E-state index >= 15 is 0 Å². The lowest BCUT2D eigenvalue weighted by molar-refractivity contribution is 0.0950. The lowest BCUT2D eigenvalue weighted by Crippen LogP contribution is -2.23. The number of methoxy groups -OCH3 is 1. The molecule has 0 radical (unpaired) electrons. The Balaban J connectivity index is 1.79. The van der Waals surface area contributed by atoms with Crippen LogP contribution in [0.25, 0.3) is 11.1 Å². The van der Waals surface area contributed by atoms with Crippen LogP contribution in [-0.2, 0) is 6.54 Å². The number of halogens is 1. The molecule has 27 heavy (non-hydrogen) atoms. The number of benzene rings is 1. The molecule has 2 heterocycles. The minimum absolute atomic E-state index is 0.225. The molecule has 0 saturated heterocycles. The molecule has 138 valence electrons. The number of amides is 1. The van der Waals surface area contributed by atoms with E-state index < -0.39 is 5.82 Å². The molecule has 0 aliphatic heterocycles. The number of nitrogens with two attached hydrogens (primary N) is 1. The van der Waals surface area contributed by atoms with Gasteiger partial charge in [-0.05, 0) is 48.4 Å². The number of hydrogen-bond donors (Lipinski definition) is 2. The van der Waals surface area contributed by atoms with Crippen molar-refractivity contribution < 1.29 is 13.9 Å². The van der Waals surface area contributed by atoms with Crippen LogP contribution in [0, 0.1) is 12.7 Å². The van der Waals surface area contributed by atoms with E-state index in [9.17, 15) is 9.18 Å². The zero-order chi connectivity index (χ0) is 19.4. The molecule has 0 aliphatic rings. The van der Waals surface area contributed by atoms with Crippen LogP contribution in [0.4, 0.5) is 10.2 Å². The molecule has 0 unspecified atom stereocenters. The maximum absolute atomic E-state index is 14.1. The third-order valence-corrected chi connectivity index (χ3v) is 4.04. The summed E-state index contributed by atoms with van der Waals surface area (Å²) >= 11 is 0. The number of rotatable bonds is 5. The summed E-state index contributed by atoms with van der Waals surface area (Å²) in [6.07, 6.45) is 1.61. The van der Waals surface area contributed by atoms with Gasteiger partial charge in [-0.3, -0.25) is 4.79 Å². The largest absolute Gasteiger partial charge is 0.481 e. The standard InChI is InChI=1S/C20H19FN4O2/c1-12-17(4-5-18(22)25-12)14-7-15(9-16(21)8-14)20(26)24-11-13-3-6-19(27-2)23-10-13/h3-10H,11H2,1-2H3,(H2,22,25)(H,24,26). The van der Waals surface area contributed by atoms with E-state index in [-0.39, 0.29) is 18.0 Å². The van der Waals surface area contributed by atoms with Crippen LogP contribution >= 0.6 is 0 Å². The molecule has 3 aromatic rings. The van der Waals surface area contributed by atoms with Crippen LogP contribution in [0.1, 0.15) is 21.6 Å².